The molecule has 0 spiro atoms. The SMILES string of the molecule is COC(=O)C(Nc1ccccc1Br)c1c(F)cccc1F. The number of esters is 1. The van der Waals surface area contributed by atoms with E-state index in [1.165, 1.54) is 6.07 Å². The van der Waals surface area contributed by atoms with E-state index in [1.807, 2.05) is 0 Å². The van der Waals surface area contributed by atoms with E-state index in [2.05, 4.69) is 26.0 Å². The highest BCUT2D eigenvalue weighted by atomic mass is 79.9. The van der Waals surface area contributed by atoms with E-state index >= 15 is 0 Å². The summed E-state index contributed by atoms with van der Waals surface area (Å²) in [5.74, 6) is -2.41. The van der Waals surface area contributed by atoms with Crippen molar-refractivity contribution in [1.29, 1.82) is 0 Å². The number of anilines is 1. The molecule has 1 atom stereocenters. The molecule has 0 aliphatic carbocycles. The lowest BCUT2D eigenvalue weighted by Crippen LogP contribution is -2.24. The number of rotatable bonds is 4. The van der Waals surface area contributed by atoms with E-state index in [-0.39, 0.29) is 5.56 Å². The Bertz CT molecular complexity index is 644. The maximum Gasteiger partial charge on any atom is 0.333 e. The zero-order valence-electron chi connectivity index (χ0n) is 11.1. The Hall–Kier alpha value is -1.95. The second-order valence-electron chi connectivity index (χ2n) is 4.22. The van der Waals surface area contributed by atoms with E-state index in [0.29, 0.717) is 10.2 Å². The minimum absolute atomic E-state index is 0.375. The van der Waals surface area contributed by atoms with E-state index in [4.69, 9.17) is 0 Å². The largest absolute Gasteiger partial charge is 0.467 e. The van der Waals surface area contributed by atoms with Gasteiger partial charge < -0.3 is 10.1 Å². The molecule has 0 aliphatic heterocycles. The van der Waals surface area contributed by atoms with E-state index in [0.717, 1.165) is 19.2 Å². The molecular formula is C15H12BrF2NO2. The predicted molar refractivity (Wildman–Crippen MR) is 78.9 cm³/mol. The van der Waals surface area contributed by atoms with Crippen molar-refractivity contribution in [3.05, 3.63) is 64.1 Å². The Morgan fingerprint density at radius 1 is 1.14 bits per heavy atom. The third-order valence-corrected chi connectivity index (χ3v) is 3.59. The molecule has 0 aromatic heterocycles. The molecule has 3 nitrogen and oxygen atoms in total. The number of ether oxygens (including phenoxy) is 1. The highest BCUT2D eigenvalue weighted by Gasteiger charge is 2.28. The van der Waals surface area contributed by atoms with Gasteiger partial charge in [-0.15, -0.1) is 0 Å². The zero-order chi connectivity index (χ0) is 15.4. The third kappa shape index (κ3) is 3.39. The fourth-order valence-electron chi connectivity index (χ4n) is 1.89. The van der Waals surface area contributed by atoms with Crippen LogP contribution < -0.4 is 5.32 Å². The molecule has 1 unspecified atom stereocenters. The first-order valence-corrected chi connectivity index (χ1v) is 6.86. The molecule has 0 bridgehead atoms. The molecule has 0 saturated heterocycles. The molecule has 0 aliphatic rings. The number of methoxy groups -OCH3 is 1. The van der Waals surface area contributed by atoms with Crippen LogP contribution in [-0.4, -0.2) is 13.1 Å². The van der Waals surface area contributed by atoms with Crippen LogP contribution in [0.25, 0.3) is 0 Å². The molecular weight excluding hydrogens is 344 g/mol. The van der Waals surface area contributed by atoms with Gasteiger partial charge >= 0.3 is 5.97 Å². The van der Waals surface area contributed by atoms with Crippen molar-refractivity contribution in [2.75, 3.05) is 12.4 Å². The van der Waals surface area contributed by atoms with Crippen LogP contribution in [0.3, 0.4) is 0 Å². The zero-order valence-corrected chi connectivity index (χ0v) is 12.7. The molecule has 0 radical (unpaired) electrons. The number of benzene rings is 2. The van der Waals surface area contributed by atoms with Gasteiger partial charge in [-0.1, -0.05) is 18.2 Å². The average molecular weight is 356 g/mol. The van der Waals surface area contributed by atoms with Gasteiger partial charge in [0.2, 0.25) is 0 Å². The Morgan fingerprint density at radius 2 is 1.76 bits per heavy atom. The van der Waals surface area contributed by atoms with Crippen LogP contribution in [-0.2, 0) is 9.53 Å². The molecule has 0 heterocycles. The summed E-state index contributed by atoms with van der Waals surface area (Å²) in [4.78, 5) is 11.9. The molecule has 2 aromatic rings. The topological polar surface area (TPSA) is 38.3 Å². The highest BCUT2D eigenvalue weighted by molar-refractivity contribution is 9.10. The van der Waals surface area contributed by atoms with Crippen molar-refractivity contribution in [1.82, 2.24) is 0 Å². The van der Waals surface area contributed by atoms with Crippen LogP contribution in [0.5, 0.6) is 0 Å². The van der Waals surface area contributed by atoms with Gasteiger partial charge in [0.1, 0.15) is 11.6 Å². The Kier molecular flexibility index (Phi) is 4.90. The van der Waals surface area contributed by atoms with Crippen LogP contribution in [0, 0.1) is 11.6 Å². The summed E-state index contributed by atoms with van der Waals surface area (Å²) in [5, 5.41) is 2.79. The molecule has 6 heteroatoms. The molecule has 110 valence electrons. The Balaban J connectivity index is 2.45. The fraction of sp³-hybridized carbons (Fsp3) is 0.133. The second kappa shape index (κ2) is 6.67. The molecule has 0 saturated carbocycles. The van der Waals surface area contributed by atoms with Crippen molar-refractivity contribution < 1.29 is 18.3 Å². The summed E-state index contributed by atoms with van der Waals surface area (Å²) in [5.41, 5.74) is 0.149. The first kappa shape index (κ1) is 15.4. The molecule has 0 amide bonds. The average Bonchev–Trinajstić information content (AvgIpc) is 2.47. The minimum atomic E-state index is -1.28. The van der Waals surface area contributed by atoms with Crippen molar-refractivity contribution in [2.24, 2.45) is 0 Å². The Labute approximate surface area is 129 Å². The maximum absolute atomic E-state index is 13.9. The summed E-state index contributed by atoms with van der Waals surface area (Å²) >= 11 is 3.30. The van der Waals surface area contributed by atoms with Gasteiger partial charge in [-0.25, -0.2) is 13.6 Å². The van der Waals surface area contributed by atoms with E-state index < -0.39 is 23.6 Å². The molecule has 21 heavy (non-hydrogen) atoms. The van der Waals surface area contributed by atoms with Crippen LogP contribution >= 0.6 is 15.9 Å². The molecule has 0 fully saturated rings. The number of carbonyl (C=O) groups excluding carboxylic acids is 1. The summed E-state index contributed by atoms with van der Waals surface area (Å²) in [7, 11) is 1.16. The smallest absolute Gasteiger partial charge is 0.333 e. The lowest BCUT2D eigenvalue weighted by atomic mass is 10.0. The van der Waals surface area contributed by atoms with Crippen molar-refractivity contribution in [3.8, 4) is 0 Å². The monoisotopic (exact) mass is 355 g/mol. The number of hydrogen-bond donors (Lipinski definition) is 1. The van der Waals surface area contributed by atoms with E-state index in [9.17, 15) is 13.6 Å². The number of carbonyl (C=O) groups is 1. The van der Waals surface area contributed by atoms with Gasteiger partial charge in [0.15, 0.2) is 6.04 Å². The molecule has 2 rings (SSSR count). The first-order valence-electron chi connectivity index (χ1n) is 6.07. The van der Waals surface area contributed by atoms with Gasteiger partial charge in [0.05, 0.1) is 12.7 Å². The van der Waals surface area contributed by atoms with Crippen LogP contribution in [0.1, 0.15) is 11.6 Å². The summed E-state index contributed by atoms with van der Waals surface area (Å²) in [6.45, 7) is 0. The Morgan fingerprint density at radius 3 is 2.33 bits per heavy atom. The van der Waals surface area contributed by atoms with Crippen molar-refractivity contribution in [3.63, 3.8) is 0 Å². The van der Waals surface area contributed by atoms with E-state index in [1.54, 1.807) is 24.3 Å². The highest BCUT2D eigenvalue weighted by Crippen LogP contribution is 2.29. The van der Waals surface area contributed by atoms with Gasteiger partial charge in [-0.3, -0.25) is 0 Å². The van der Waals surface area contributed by atoms with Crippen LogP contribution in [0.15, 0.2) is 46.9 Å². The lowest BCUT2D eigenvalue weighted by Gasteiger charge is -2.20. The van der Waals surface area contributed by atoms with Crippen molar-refractivity contribution >= 4 is 27.6 Å². The first-order chi connectivity index (χ1) is 10.0. The summed E-state index contributed by atoms with van der Waals surface area (Å²) in [6, 6.07) is 9.08. The predicted octanol–water partition coefficient (Wildman–Crippen LogP) is 4.05. The lowest BCUT2D eigenvalue weighted by molar-refractivity contribution is -0.141. The second-order valence-corrected chi connectivity index (χ2v) is 5.07. The molecule has 1 N–H and O–H groups in total. The number of para-hydroxylation sites is 1. The van der Waals surface area contributed by atoms with Crippen molar-refractivity contribution in [2.45, 2.75) is 6.04 Å². The van der Waals surface area contributed by atoms with Crippen LogP contribution in [0.4, 0.5) is 14.5 Å². The standard InChI is InChI=1S/C15H12BrF2NO2/c1-21-15(20)14(13-10(17)6-4-7-11(13)18)19-12-8-3-2-5-9(12)16/h2-8,14,19H,1H3. The minimum Gasteiger partial charge on any atom is -0.467 e. The quantitative estimate of drug-likeness (QED) is 0.840. The normalized spacial score (nSPS) is 11.8. The number of nitrogens with one attached hydrogen (secondary N) is 1. The van der Waals surface area contributed by atoms with Gasteiger partial charge in [0.25, 0.3) is 0 Å². The van der Waals surface area contributed by atoms with Gasteiger partial charge in [-0.05, 0) is 40.2 Å². The summed E-state index contributed by atoms with van der Waals surface area (Å²) < 4.78 is 33.1. The third-order valence-electron chi connectivity index (χ3n) is 2.90. The summed E-state index contributed by atoms with van der Waals surface area (Å²) in [6.07, 6.45) is 0. The fourth-order valence-corrected chi connectivity index (χ4v) is 2.29. The van der Waals surface area contributed by atoms with Gasteiger partial charge in [-0.2, -0.15) is 0 Å². The number of hydrogen-bond acceptors (Lipinski definition) is 3. The van der Waals surface area contributed by atoms with Gasteiger partial charge in [0, 0.05) is 10.2 Å². The maximum atomic E-state index is 13.9. The molecule has 2 aromatic carbocycles. The number of halogens is 3. The van der Waals surface area contributed by atoms with Crippen LogP contribution in [0.2, 0.25) is 0 Å².